The lowest BCUT2D eigenvalue weighted by atomic mass is 10.2. The summed E-state index contributed by atoms with van der Waals surface area (Å²) in [4.78, 5) is 0. The number of thioether (sulfide) groups is 1. The van der Waals surface area contributed by atoms with Gasteiger partial charge in [-0.2, -0.15) is 4.68 Å². The van der Waals surface area contributed by atoms with Crippen LogP contribution in [0.4, 0.5) is 0 Å². The van der Waals surface area contributed by atoms with Gasteiger partial charge in [0, 0.05) is 12.3 Å². The lowest BCUT2D eigenvalue weighted by molar-refractivity contribution is 0.585. The zero-order valence-corrected chi connectivity index (χ0v) is 13.5. The third kappa shape index (κ3) is 4.51. The van der Waals surface area contributed by atoms with Crippen LogP contribution in [-0.2, 0) is 10.0 Å². The summed E-state index contributed by atoms with van der Waals surface area (Å²) in [6.45, 7) is 3.97. The molecule has 1 N–H and O–H groups in total. The molecule has 7 nitrogen and oxygen atoms in total. The monoisotopic (exact) mass is 327 g/mol. The number of benzene rings is 1. The van der Waals surface area contributed by atoms with Crippen molar-refractivity contribution in [1.82, 2.24) is 24.9 Å². The number of rotatable bonds is 7. The molecule has 0 amide bonds. The molecule has 0 saturated carbocycles. The molecule has 2 rings (SSSR count). The van der Waals surface area contributed by atoms with Gasteiger partial charge in [0.2, 0.25) is 15.2 Å². The van der Waals surface area contributed by atoms with Crippen LogP contribution in [0.15, 0.2) is 29.4 Å². The molecule has 9 heteroatoms. The summed E-state index contributed by atoms with van der Waals surface area (Å²) in [6.07, 6.45) is 0. The summed E-state index contributed by atoms with van der Waals surface area (Å²) in [5, 5.41) is 12.2. The molecule has 1 heterocycles. The maximum atomic E-state index is 11.3. The Morgan fingerprint density at radius 2 is 2.00 bits per heavy atom. The van der Waals surface area contributed by atoms with Crippen LogP contribution in [0, 0.1) is 6.92 Å². The van der Waals surface area contributed by atoms with E-state index in [1.165, 1.54) is 11.8 Å². The van der Waals surface area contributed by atoms with Crippen LogP contribution in [0.2, 0.25) is 0 Å². The highest BCUT2D eigenvalue weighted by Gasteiger charge is 2.10. The number of nitrogens with zero attached hydrogens (tertiary/aromatic N) is 4. The third-order valence-electron chi connectivity index (χ3n) is 2.75. The van der Waals surface area contributed by atoms with E-state index in [0.717, 1.165) is 11.3 Å². The number of aryl methyl sites for hydroxylation is 1. The maximum absolute atomic E-state index is 11.3. The minimum atomic E-state index is -3.15. The minimum absolute atomic E-state index is 0.0821. The molecule has 0 aliphatic carbocycles. The largest absolute Gasteiger partial charge is 0.214 e. The van der Waals surface area contributed by atoms with E-state index in [1.807, 2.05) is 31.2 Å². The molecule has 0 fully saturated rings. The number of hydrogen-bond donors (Lipinski definition) is 1. The van der Waals surface area contributed by atoms with Crippen molar-refractivity contribution in [2.24, 2.45) is 0 Å². The normalized spacial score (nSPS) is 11.7. The van der Waals surface area contributed by atoms with Gasteiger partial charge in [-0.25, -0.2) is 13.1 Å². The highest BCUT2D eigenvalue weighted by atomic mass is 32.2. The van der Waals surface area contributed by atoms with Crippen LogP contribution in [0.1, 0.15) is 12.5 Å². The Labute approximate surface area is 128 Å². The van der Waals surface area contributed by atoms with Crippen LogP contribution in [0.3, 0.4) is 0 Å². The quantitative estimate of drug-likeness (QED) is 0.603. The van der Waals surface area contributed by atoms with Gasteiger partial charge in [-0.05, 0) is 36.4 Å². The average molecular weight is 327 g/mol. The van der Waals surface area contributed by atoms with Crippen molar-refractivity contribution >= 4 is 21.8 Å². The third-order valence-corrected chi connectivity index (χ3v) is 5.08. The smallest absolute Gasteiger partial charge is 0.214 e. The Balaban J connectivity index is 1.96. The molecular formula is C12H17N5O2S2. The highest BCUT2D eigenvalue weighted by Crippen LogP contribution is 2.17. The van der Waals surface area contributed by atoms with Crippen LogP contribution in [0.5, 0.6) is 0 Å². The van der Waals surface area contributed by atoms with Gasteiger partial charge in [-0.15, -0.1) is 5.10 Å². The van der Waals surface area contributed by atoms with Gasteiger partial charge in [0.25, 0.3) is 0 Å². The molecule has 0 spiro atoms. The second kappa shape index (κ2) is 7.01. The summed E-state index contributed by atoms with van der Waals surface area (Å²) in [7, 11) is -3.15. The first-order valence-corrected chi connectivity index (χ1v) is 9.11. The first kappa shape index (κ1) is 15.9. The Hall–Kier alpha value is -1.45. The zero-order chi connectivity index (χ0) is 15.3. The van der Waals surface area contributed by atoms with E-state index in [-0.39, 0.29) is 5.75 Å². The SMILES string of the molecule is CCS(=O)(=O)NCCSc1nnnn1-c1ccc(C)cc1. The van der Waals surface area contributed by atoms with E-state index < -0.39 is 10.0 Å². The van der Waals surface area contributed by atoms with Crippen molar-refractivity contribution in [3.05, 3.63) is 29.8 Å². The van der Waals surface area contributed by atoms with Gasteiger partial charge < -0.3 is 0 Å². The van der Waals surface area contributed by atoms with Crippen LogP contribution in [0.25, 0.3) is 5.69 Å². The van der Waals surface area contributed by atoms with Crippen LogP contribution >= 0.6 is 11.8 Å². The van der Waals surface area contributed by atoms with Crippen molar-refractivity contribution in [1.29, 1.82) is 0 Å². The summed E-state index contributed by atoms with van der Waals surface area (Å²) in [5.41, 5.74) is 2.04. The Morgan fingerprint density at radius 1 is 1.29 bits per heavy atom. The molecule has 0 aliphatic rings. The number of nitrogens with one attached hydrogen (secondary N) is 1. The number of aromatic nitrogens is 4. The first-order valence-electron chi connectivity index (χ1n) is 6.47. The van der Waals surface area contributed by atoms with Crippen molar-refractivity contribution < 1.29 is 8.42 Å². The van der Waals surface area contributed by atoms with Gasteiger partial charge in [0.05, 0.1) is 11.4 Å². The number of hydrogen-bond acceptors (Lipinski definition) is 6. The van der Waals surface area contributed by atoms with Crippen molar-refractivity contribution in [2.45, 2.75) is 19.0 Å². The lowest BCUT2D eigenvalue weighted by Crippen LogP contribution is -2.27. The number of tetrazole rings is 1. The molecular weight excluding hydrogens is 310 g/mol. The number of sulfonamides is 1. The molecule has 0 radical (unpaired) electrons. The topological polar surface area (TPSA) is 89.8 Å². The molecule has 1 aromatic heterocycles. The minimum Gasteiger partial charge on any atom is -0.214 e. The van der Waals surface area contributed by atoms with Crippen LogP contribution < -0.4 is 4.72 Å². The fourth-order valence-electron chi connectivity index (χ4n) is 1.56. The second-order valence-electron chi connectivity index (χ2n) is 4.36. The van der Waals surface area contributed by atoms with Crippen molar-refractivity contribution in [3.63, 3.8) is 0 Å². The Bertz CT molecular complexity index is 682. The molecule has 1 aromatic carbocycles. The highest BCUT2D eigenvalue weighted by molar-refractivity contribution is 7.99. The van der Waals surface area contributed by atoms with Gasteiger partial charge in [0.15, 0.2) is 0 Å². The molecule has 114 valence electrons. The first-order chi connectivity index (χ1) is 10.0. The standard InChI is InChI=1S/C12H17N5O2S2/c1-3-21(18,19)13-8-9-20-12-14-15-16-17(12)11-6-4-10(2)5-7-11/h4-7,13H,3,8-9H2,1-2H3. The summed E-state index contributed by atoms with van der Waals surface area (Å²) < 4.78 is 26.8. The van der Waals surface area contributed by atoms with E-state index in [2.05, 4.69) is 20.2 Å². The second-order valence-corrected chi connectivity index (χ2v) is 7.51. The molecule has 2 aromatic rings. The van der Waals surface area contributed by atoms with E-state index in [4.69, 9.17) is 0 Å². The maximum Gasteiger partial charge on any atom is 0.214 e. The summed E-state index contributed by atoms with van der Waals surface area (Å²) in [6, 6.07) is 7.85. The Morgan fingerprint density at radius 3 is 2.67 bits per heavy atom. The summed E-state index contributed by atoms with van der Waals surface area (Å²) in [5.74, 6) is 0.643. The van der Waals surface area contributed by atoms with E-state index in [0.29, 0.717) is 17.5 Å². The van der Waals surface area contributed by atoms with E-state index in [9.17, 15) is 8.42 Å². The molecule has 0 atom stereocenters. The molecule has 0 aliphatic heterocycles. The summed E-state index contributed by atoms with van der Waals surface area (Å²) >= 11 is 1.40. The van der Waals surface area contributed by atoms with Gasteiger partial charge in [0.1, 0.15) is 0 Å². The van der Waals surface area contributed by atoms with Gasteiger partial charge in [-0.1, -0.05) is 29.5 Å². The zero-order valence-electron chi connectivity index (χ0n) is 11.9. The van der Waals surface area contributed by atoms with E-state index in [1.54, 1.807) is 11.6 Å². The fourth-order valence-corrected chi connectivity index (χ4v) is 3.05. The predicted molar refractivity (Wildman–Crippen MR) is 82.1 cm³/mol. The average Bonchev–Trinajstić information content (AvgIpc) is 2.93. The van der Waals surface area contributed by atoms with Crippen molar-refractivity contribution in [3.8, 4) is 5.69 Å². The molecule has 0 unspecified atom stereocenters. The fraction of sp³-hybridized carbons (Fsp3) is 0.417. The van der Waals surface area contributed by atoms with Gasteiger partial charge in [-0.3, -0.25) is 0 Å². The molecule has 0 bridgehead atoms. The predicted octanol–water partition coefficient (Wildman–Crippen LogP) is 1.00. The lowest BCUT2D eigenvalue weighted by Gasteiger charge is -2.05. The Kier molecular flexibility index (Phi) is 5.32. The molecule has 21 heavy (non-hydrogen) atoms. The van der Waals surface area contributed by atoms with Crippen LogP contribution in [-0.4, -0.2) is 46.7 Å². The van der Waals surface area contributed by atoms with Gasteiger partial charge >= 0.3 is 0 Å². The van der Waals surface area contributed by atoms with Crippen molar-refractivity contribution in [2.75, 3.05) is 18.1 Å². The van der Waals surface area contributed by atoms with E-state index >= 15 is 0 Å². The molecule has 0 saturated heterocycles.